The van der Waals surface area contributed by atoms with Gasteiger partial charge in [0.1, 0.15) is 11.6 Å². The zero-order valence-corrected chi connectivity index (χ0v) is 17.6. The van der Waals surface area contributed by atoms with Crippen molar-refractivity contribution >= 4 is 16.8 Å². The molecular weight excluding hydrogens is 380 g/mol. The van der Waals surface area contributed by atoms with Gasteiger partial charge in [-0.15, -0.1) is 0 Å². The molecule has 3 rings (SSSR count). The van der Waals surface area contributed by atoms with E-state index in [1.54, 1.807) is 13.2 Å². The van der Waals surface area contributed by atoms with E-state index in [-0.39, 0.29) is 17.5 Å². The van der Waals surface area contributed by atoms with Crippen LogP contribution in [0.2, 0.25) is 0 Å². The van der Waals surface area contributed by atoms with Crippen LogP contribution in [-0.4, -0.2) is 48.5 Å². The lowest BCUT2D eigenvalue weighted by Gasteiger charge is -2.25. The smallest absolute Gasteiger partial charge is 0.258 e. The summed E-state index contributed by atoms with van der Waals surface area (Å²) in [6, 6.07) is 15.2. The van der Waals surface area contributed by atoms with Crippen molar-refractivity contribution < 1.29 is 9.53 Å². The topological polar surface area (TPSA) is 87.3 Å². The zero-order valence-electron chi connectivity index (χ0n) is 17.6. The Hall–Kier alpha value is -3.19. The number of likely N-dealkylation sites (N-methyl/N-ethyl adjacent to an activating group) is 1. The second-order valence-corrected chi connectivity index (χ2v) is 7.44. The number of amides is 1. The molecule has 1 atom stereocenters. The van der Waals surface area contributed by atoms with E-state index < -0.39 is 0 Å². The van der Waals surface area contributed by atoms with Gasteiger partial charge in [-0.25, -0.2) is 4.98 Å². The number of para-hydroxylation sites is 1. The van der Waals surface area contributed by atoms with Crippen molar-refractivity contribution in [3.8, 4) is 5.75 Å². The number of nitrogens with zero attached hydrogens (tertiary/aromatic N) is 2. The molecule has 0 aliphatic carbocycles. The average molecular weight is 409 g/mol. The van der Waals surface area contributed by atoms with Gasteiger partial charge >= 0.3 is 0 Å². The van der Waals surface area contributed by atoms with E-state index in [0.717, 1.165) is 11.3 Å². The third kappa shape index (κ3) is 5.45. The van der Waals surface area contributed by atoms with Crippen molar-refractivity contribution in [2.75, 3.05) is 27.7 Å². The molecule has 2 aromatic carbocycles. The number of aromatic nitrogens is 2. The van der Waals surface area contributed by atoms with E-state index in [1.807, 2.05) is 56.6 Å². The second kappa shape index (κ2) is 10.0. The molecule has 7 nitrogen and oxygen atoms in total. The SMILES string of the molecule is COc1ccc(C(CNC(=O)CCCc2nc3ccccc3c(=O)[nH]2)N(C)C)cc1. The number of nitrogens with one attached hydrogen (secondary N) is 2. The van der Waals surface area contributed by atoms with Crippen LogP contribution in [0.15, 0.2) is 53.3 Å². The van der Waals surface area contributed by atoms with Gasteiger partial charge in [0, 0.05) is 19.4 Å². The third-order valence-corrected chi connectivity index (χ3v) is 5.10. The summed E-state index contributed by atoms with van der Waals surface area (Å²) in [5.41, 5.74) is 1.64. The summed E-state index contributed by atoms with van der Waals surface area (Å²) < 4.78 is 5.21. The number of aryl methyl sites for hydroxylation is 1. The largest absolute Gasteiger partial charge is 0.497 e. The summed E-state index contributed by atoms with van der Waals surface area (Å²) in [5.74, 6) is 1.40. The molecule has 2 N–H and O–H groups in total. The first kappa shape index (κ1) is 21.5. The molecule has 1 amide bonds. The Labute approximate surface area is 176 Å². The summed E-state index contributed by atoms with van der Waals surface area (Å²) in [4.78, 5) is 33.8. The van der Waals surface area contributed by atoms with Crippen LogP contribution in [-0.2, 0) is 11.2 Å². The maximum absolute atomic E-state index is 12.3. The molecule has 0 spiro atoms. The molecule has 7 heteroatoms. The van der Waals surface area contributed by atoms with Crippen molar-refractivity contribution in [2.45, 2.75) is 25.3 Å². The highest BCUT2D eigenvalue weighted by molar-refractivity contribution is 5.77. The van der Waals surface area contributed by atoms with Crippen LogP contribution in [0.4, 0.5) is 0 Å². The minimum atomic E-state index is -0.145. The minimum Gasteiger partial charge on any atom is -0.497 e. The van der Waals surface area contributed by atoms with E-state index in [9.17, 15) is 9.59 Å². The maximum atomic E-state index is 12.3. The van der Waals surface area contributed by atoms with Gasteiger partial charge in [0.2, 0.25) is 5.91 Å². The monoisotopic (exact) mass is 408 g/mol. The lowest BCUT2D eigenvalue weighted by atomic mass is 10.1. The van der Waals surface area contributed by atoms with Crippen molar-refractivity contribution in [3.63, 3.8) is 0 Å². The van der Waals surface area contributed by atoms with Gasteiger partial charge in [-0.1, -0.05) is 24.3 Å². The Morgan fingerprint density at radius 1 is 1.17 bits per heavy atom. The zero-order chi connectivity index (χ0) is 21.5. The van der Waals surface area contributed by atoms with Crippen LogP contribution >= 0.6 is 0 Å². The Morgan fingerprint density at radius 2 is 1.90 bits per heavy atom. The summed E-state index contributed by atoms with van der Waals surface area (Å²) in [6.45, 7) is 0.517. The van der Waals surface area contributed by atoms with Crippen LogP contribution < -0.4 is 15.6 Å². The van der Waals surface area contributed by atoms with Gasteiger partial charge in [0.15, 0.2) is 0 Å². The molecule has 0 saturated heterocycles. The van der Waals surface area contributed by atoms with Crippen LogP contribution in [0.25, 0.3) is 10.9 Å². The first-order valence-corrected chi connectivity index (χ1v) is 10.0. The fraction of sp³-hybridized carbons (Fsp3) is 0.348. The molecule has 1 heterocycles. The van der Waals surface area contributed by atoms with E-state index in [1.165, 1.54) is 0 Å². The highest BCUT2D eigenvalue weighted by Gasteiger charge is 2.15. The summed E-state index contributed by atoms with van der Waals surface area (Å²) in [7, 11) is 5.62. The van der Waals surface area contributed by atoms with Crippen LogP contribution in [0.1, 0.15) is 30.3 Å². The number of aromatic amines is 1. The summed E-state index contributed by atoms with van der Waals surface area (Å²) in [6.07, 6.45) is 1.53. The molecule has 0 fully saturated rings. The number of carbonyl (C=O) groups is 1. The van der Waals surface area contributed by atoms with E-state index >= 15 is 0 Å². The molecule has 30 heavy (non-hydrogen) atoms. The van der Waals surface area contributed by atoms with Gasteiger partial charge in [0.05, 0.1) is 24.1 Å². The normalized spacial score (nSPS) is 12.1. The summed E-state index contributed by atoms with van der Waals surface area (Å²) >= 11 is 0. The number of H-pyrrole nitrogens is 1. The van der Waals surface area contributed by atoms with Crippen LogP contribution in [0, 0.1) is 0 Å². The fourth-order valence-corrected chi connectivity index (χ4v) is 3.39. The number of hydrogen-bond acceptors (Lipinski definition) is 5. The first-order valence-electron chi connectivity index (χ1n) is 10.0. The Kier molecular flexibility index (Phi) is 7.19. The molecule has 0 aliphatic heterocycles. The van der Waals surface area contributed by atoms with Gasteiger partial charge in [0.25, 0.3) is 5.56 Å². The Morgan fingerprint density at radius 3 is 2.60 bits per heavy atom. The Balaban J connectivity index is 1.51. The van der Waals surface area contributed by atoms with Crippen LogP contribution in [0.5, 0.6) is 5.75 Å². The van der Waals surface area contributed by atoms with Crippen molar-refractivity contribution in [1.29, 1.82) is 0 Å². The van der Waals surface area contributed by atoms with Gasteiger partial charge in [-0.2, -0.15) is 0 Å². The van der Waals surface area contributed by atoms with Crippen molar-refractivity contribution in [2.24, 2.45) is 0 Å². The molecule has 158 valence electrons. The van der Waals surface area contributed by atoms with Crippen molar-refractivity contribution in [3.05, 3.63) is 70.3 Å². The number of hydrogen-bond donors (Lipinski definition) is 2. The molecule has 0 radical (unpaired) electrons. The third-order valence-electron chi connectivity index (χ3n) is 5.10. The fourth-order valence-electron chi connectivity index (χ4n) is 3.39. The van der Waals surface area contributed by atoms with E-state index in [0.29, 0.717) is 42.5 Å². The Bertz CT molecular complexity index is 1040. The predicted molar refractivity (Wildman–Crippen MR) is 118 cm³/mol. The number of methoxy groups -OCH3 is 1. The first-order chi connectivity index (χ1) is 14.5. The standard InChI is InChI=1S/C23H28N4O3/c1-27(2)20(16-11-13-17(30-3)14-12-16)15-24-22(28)10-6-9-21-25-19-8-5-4-7-18(19)23(29)26-21/h4-5,7-8,11-14,20H,6,9-10,15H2,1-3H3,(H,24,28)(H,25,26,29). The van der Waals surface area contributed by atoms with E-state index in [2.05, 4.69) is 20.2 Å². The average Bonchev–Trinajstić information content (AvgIpc) is 2.74. The molecule has 0 saturated carbocycles. The molecule has 1 unspecified atom stereocenters. The van der Waals surface area contributed by atoms with Gasteiger partial charge < -0.3 is 19.9 Å². The highest BCUT2D eigenvalue weighted by atomic mass is 16.5. The summed E-state index contributed by atoms with van der Waals surface area (Å²) in [5, 5.41) is 3.59. The van der Waals surface area contributed by atoms with Crippen molar-refractivity contribution in [1.82, 2.24) is 20.2 Å². The maximum Gasteiger partial charge on any atom is 0.258 e. The lowest BCUT2D eigenvalue weighted by molar-refractivity contribution is -0.121. The van der Waals surface area contributed by atoms with Gasteiger partial charge in [-0.3, -0.25) is 9.59 Å². The van der Waals surface area contributed by atoms with Gasteiger partial charge in [-0.05, 0) is 50.3 Å². The predicted octanol–water partition coefficient (Wildman–Crippen LogP) is 2.67. The molecule has 3 aromatic rings. The second-order valence-electron chi connectivity index (χ2n) is 7.44. The number of benzene rings is 2. The molecule has 0 bridgehead atoms. The number of rotatable bonds is 9. The minimum absolute atomic E-state index is 0.0153. The number of fused-ring (bicyclic) bond motifs is 1. The highest BCUT2D eigenvalue weighted by Crippen LogP contribution is 2.20. The molecule has 1 aromatic heterocycles. The number of carbonyl (C=O) groups excluding carboxylic acids is 1. The molecular formula is C23H28N4O3. The van der Waals surface area contributed by atoms with E-state index in [4.69, 9.17) is 4.74 Å². The number of ether oxygens (including phenoxy) is 1. The lowest BCUT2D eigenvalue weighted by Crippen LogP contribution is -2.34. The quantitative estimate of drug-likeness (QED) is 0.568. The molecule has 0 aliphatic rings. The van der Waals surface area contributed by atoms with Crippen LogP contribution in [0.3, 0.4) is 0 Å².